The van der Waals surface area contributed by atoms with E-state index in [1.165, 1.54) is 4.90 Å². The van der Waals surface area contributed by atoms with E-state index in [4.69, 9.17) is 11.6 Å². The predicted molar refractivity (Wildman–Crippen MR) is 176 cm³/mol. The molecule has 2 amide bonds. The van der Waals surface area contributed by atoms with Gasteiger partial charge in [0, 0.05) is 24.5 Å². The number of amides is 2. The minimum Gasteiger partial charge on any atom is -0.355 e. The van der Waals surface area contributed by atoms with Crippen LogP contribution in [-0.2, 0) is 32.6 Å². The van der Waals surface area contributed by atoms with E-state index in [2.05, 4.69) is 5.32 Å². The lowest BCUT2D eigenvalue weighted by Gasteiger charge is -2.34. The van der Waals surface area contributed by atoms with Gasteiger partial charge < -0.3 is 10.2 Å². The van der Waals surface area contributed by atoms with Crippen molar-refractivity contribution in [3.05, 3.63) is 130 Å². The lowest BCUT2D eigenvalue weighted by Crippen LogP contribution is -2.53. The van der Waals surface area contributed by atoms with E-state index in [-0.39, 0.29) is 23.8 Å². The summed E-state index contributed by atoms with van der Waals surface area (Å²) in [5, 5.41) is 3.42. The summed E-state index contributed by atoms with van der Waals surface area (Å²) >= 11 is 6.14. The maximum atomic E-state index is 14.5. The zero-order valence-electron chi connectivity index (χ0n) is 25.5. The summed E-state index contributed by atoms with van der Waals surface area (Å²) < 4.78 is 29.5. The van der Waals surface area contributed by atoms with Gasteiger partial charge in [0.1, 0.15) is 12.6 Å². The van der Waals surface area contributed by atoms with Crippen LogP contribution in [0.25, 0.3) is 0 Å². The zero-order valence-corrected chi connectivity index (χ0v) is 27.0. The number of halogens is 1. The van der Waals surface area contributed by atoms with E-state index in [0.717, 1.165) is 26.6 Å². The highest BCUT2D eigenvalue weighted by atomic mass is 35.5. The number of sulfonamides is 1. The van der Waals surface area contributed by atoms with Crippen molar-refractivity contribution in [3.8, 4) is 0 Å². The van der Waals surface area contributed by atoms with Crippen LogP contribution in [0, 0.1) is 20.8 Å². The number of anilines is 1. The Morgan fingerprint density at radius 2 is 1.45 bits per heavy atom. The van der Waals surface area contributed by atoms with E-state index >= 15 is 0 Å². The lowest BCUT2D eigenvalue weighted by atomic mass is 10.0. The molecule has 0 aliphatic carbocycles. The normalized spacial score (nSPS) is 11.9. The quantitative estimate of drug-likeness (QED) is 0.201. The van der Waals surface area contributed by atoms with Crippen molar-refractivity contribution in [2.75, 3.05) is 17.4 Å². The van der Waals surface area contributed by atoms with Crippen molar-refractivity contribution < 1.29 is 18.0 Å². The highest BCUT2D eigenvalue weighted by Crippen LogP contribution is 2.29. The molecule has 1 N–H and O–H groups in total. The molecular formula is C35H38ClN3O4S. The Labute approximate surface area is 265 Å². The lowest BCUT2D eigenvalue weighted by molar-refractivity contribution is -0.140. The van der Waals surface area contributed by atoms with Gasteiger partial charge in [0.2, 0.25) is 11.8 Å². The smallest absolute Gasteiger partial charge is 0.264 e. The molecule has 0 spiro atoms. The van der Waals surface area contributed by atoms with Crippen LogP contribution in [-0.4, -0.2) is 44.3 Å². The molecule has 0 saturated heterocycles. The van der Waals surface area contributed by atoms with Gasteiger partial charge in [-0.2, -0.15) is 0 Å². The Morgan fingerprint density at radius 1 is 0.818 bits per heavy atom. The SMILES string of the molecule is CCNC(=O)[C@H](Cc1ccccc1)N(Cc1ccc(Cl)cc1)C(=O)CN(c1ccc(C)cc1C)S(=O)(=O)c1ccc(C)cc1. The van der Waals surface area contributed by atoms with Crippen LogP contribution in [0.4, 0.5) is 5.69 Å². The monoisotopic (exact) mass is 631 g/mol. The van der Waals surface area contributed by atoms with Crippen LogP contribution in [0.3, 0.4) is 0 Å². The number of rotatable bonds is 12. The third-order valence-electron chi connectivity index (χ3n) is 7.40. The second-order valence-electron chi connectivity index (χ2n) is 10.9. The number of carbonyl (C=O) groups excluding carboxylic acids is 2. The van der Waals surface area contributed by atoms with Gasteiger partial charge in [-0.3, -0.25) is 13.9 Å². The Balaban J connectivity index is 1.81. The number of nitrogens with one attached hydrogen (secondary N) is 1. The fourth-order valence-corrected chi connectivity index (χ4v) is 6.67. The highest BCUT2D eigenvalue weighted by Gasteiger charge is 2.35. The van der Waals surface area contributed by atoms with Gasteiger partial charge in [-0.1, -0.05) is 89.5 Å². The van der Waals surface area contributed by atoms with E-state index in [1.807, 2.05) is 70.2 Å². The van der Waals surface area contributed by atoms with Crippen molar-refractivity contribution in [1.82, 2.24) is 10.2 Å². The molecular weight excluding hydrogens is 594 g/mol. The van der Waals surface area contributed by atoms with Crippen LogP contribution >= 0.6 is 11.6 Å². The van der Waals surface area contributed by atoms with Crippen molar-refractivity contribution in [1.29, 1.82) is 0 Å². The maximum absolute atomic E-state index is 14.5. The summed E-state index contributed by atoms with van der Waals surface area (Å²) in [5.41, 5.74) is 4.61. The molecule has 4 rings (SSSR count). The van der Waals surface area contributed by atoms with Crippen molar-refractivity contribution in [2.24, 2.45) is 0 Å². The number of benzene rings is 4. The average Bonchev–Trinajstić information content (AvgIpc) is 2.99. The van der Waals surface area contributed by atoms with E-state index in [0.29, 0.717) is 22.8 Å². The first-order chi connectivity index (χ1) is 21.0. The molecule has 4 aromatic rings. The molecule has 9 heteroatoms. The molecule has 0 fully saturated rings. The van der Waals surface area contributed by atoms with Crippen LogP contribution < -0.4 is 9.62 Å². The minimum atomic E-state index is -4.16. The number of likely N-dealkylation sites (N-methyl/N-ethyl adjacent to an activating group) is 1. The molecule has 4 aromatic carbocycles. The van der Waals surface area contributed by atoms with Crippen LogP contribution in [0.2, 0.25) is 5.02 Å². The number of carbonyl (C=O) groups is 2. The first kappa shape index (κ1) is 32.8. The van der Waals surface area contributed by atoms with E-state index in [9.17, 15) is 18.0 Å². The molecule has 0 aliphatic heterocycles. The van der Waals surface area contributed by atoms with Crippen LogP contribution in [0.1, 0.15) is 34.7 Å². The molecule has 1 atom stereocenters. The topological polar surface area (TPSA) is 86.8 Å². The van der Waals surface area contributed by atoms with Gasteiger partial charge in [0.25, 0.3) is 10.0 Å². The molecule has 0 aliphatic rings. The molecule has 0 saturated carbocycles. The minimum absolute atomic E-state index is 0.0738. The largest absolute Gasteiger partial charge is 0.355 e. The summed E-state index contributed by atoms with van der Waals surface area (Å²) in [6.07, 6.45) is 0.250. The van der Waals surface area contributed by atoms with E-state index in [1.54, 1.807) is 54.6 Å². The maximum Gasteiger partial charge on any atom is 0.264 e. The number of nitrogens with zero attached hydrogens (tertiary/aromatic N) is 2. The summed E-state index contributed by atoms with van der Waals surface area (Å²) in [7, 11) is -4.16. The van der Waals surface area contributed by atoms with Crippen molar-refractivity contribution >= 4 is 39.1 Å². The van der Waals surface area contributed by atoms with Gasteiger partial charge in [-0.05, 0) is 74.7 Å². The third-order valence-corrected chi connectivity index (χ3v) is 9.42. The summed E-state index contributed by atoms with van der Waals surface area (Å²) in [6.45, 7) is 7.40. The highest BCUT2D eigenvalue weighted by molar-refractivity contribution is 7.92. The Kier molecular flexibility index (Phi) is 10.8. The van der Waals surface area contributed by atoms with Gasteiger partial charge >= 0.3 is 0 Å². The Hall–Kier alpha value is -4.14. The number of aryl methyl sites for hydroxylation is 3. The molecule has 0 aromatic heterocycles. The molecule has 0 radical (unpaired) electrons. The first-order valence-electron chi connectivity index (χ1n) is 14.5. The van der Waals surface area contributed by atoms with Crippen molar-refractivity contribution in [3.63, 3.8) is 0 Å². The molecule has 7 nitrogen and oxygen atoms in total. The fraction of sp³-hybridized carbons (Fsp3) is 0.257. The van der Waals surface area contributed by atoms with Gasteiger partial charge in [0.15, 0.2) is 0 Å². The second kappa shape index (κ2) is 14.6. The molecule has 230 valence electrons. The summed E-state index contributed by atoms with van der Waals surface area (Å²) in [4.78, 5) is 29.6. The van der Waals surface area contributed by atoms with E-state index < -0.39 is 28.5 Å². The van der Waals surface area contributed by atoms with Crippen LogP contribution in [0.5, 0.6) is 0 Å². The van der Waals surface area contributed by atoms with Crippen molar-refractivity contribution in [2.45, 2.75) is 51.6 Å². The fourth-order valence-electron chi connectivity index (χ4n) is 5.07. The van der Waals surface area contributed by atoms with Gasteiger partial charge in [-0.15, -0.1) is 0 Å². The standard InChI is InChI=1S/C35H38ClN3O4S/c1-5-37-35(41)33(22-28-9-7-6-8-10-28)38(23-29-14-16-30(36)17-15-29)34(40)24-39(32-20-13-26(3)21-27(32)4)44(42,43)31-18-11-25(2)12-19-31/h6-21,33H,5,22-24H2,1-4H3,(H,37,41)/t33-/m0/s1. The Morgan fingerprint density at radius 3 is 2.07 bits per heavy atom. The zero-order chi connectivity index (χ0) is 31.9. The molecule has 0 heterocycles. The Bertz CT molecular complexity index is 1690. The average molecular weight is 632 g/mol. The van der Waals surface area contributed by atoms with Gasteiger partial charge in [-0.25, -0.2) is 8.42 Å². The summed E-state index contributed by atoms with van der Waals surface area (Å²) in [5.74, 6) is -0.832. The predicted octanol–water partition coefficient (Wildman–Crippen LogP) is 6.24. The number of hydrogen-bond acceptors (Lipinski definition) is 4. The van der Waals surface area contributed by atoms with Gasteiger partial charge in [0.05, 0.1) is 10.6 Å². The molecule has 44 heavy (non-hydrogen) atoms. The molecule has 0 bridgehead atoms. The second-order valence-corrected chi connectivity index (χ2v) is 13.2. The molecule has 0 unspecified atom stereocenters. The first-order valence-corrected chi connectivity index (χ1v) is 16.3. The summed E-state index contributed by atoms with van der Waals surface area (Å²) in [6, 6.07) is 27.6. The number of hydrogen-bond donors (Lipinski definition) is 1. The van der Waals surface area contributed by atoms with Crippen LogP contribution in [0.15, 0.2) is 102 Å². The third kappa shape index (κ3) is 8.07.